The van der Waals surface area contributed by atoms with E-state index in [0.29, 0.717) is 43.5 Å². The van der Waals surface area contributed by atoms with Gasteiger partial charge in [-0.25, -0.2) is 8.42 Å². The van der Waals surface area contributed by atoms with Gasteiger partial charge in [-0.2, -0.15) is 4.31 Å². The molecule has 27 heavy (non-hydrogen) atoms. The number of aliphatic hydroxyl groups is 1. The highest BCUT2D eigenvalue weighted by molar-refractivity contribution is 7.89. The van der Waals surface area contributed by atoms with Gasteiger partial charge in [-0.15, -0.1) is 0 Å². The van der Waals surface area contributed by atoms with E-state index in [2.05, 4.69) is 4.98 Å². The first-order chi connectivity index (χ1) is 12.9. The Labute approximate surface area is 164 Å². The number of hydrogen-bond acceptors (Lipinski definition) is 6. The normalized spacial score (nSPS) is 17.6. The summed E-state index contributed by atoms with van der Waals surface area (Å²) in [5.74, 6) is 0.644. The highest BCUT2D eigenvalue weighted by atomic mass is 35.5. The molecule has 1 saturated heterocycles. The fourth-order valence-corrected chi connectivity index (χ4v) is 4.39. The van der Waals surface area contributed by atoms with Crippen molar-refractivity contribution < 1.29 is 18.3 Å². The second-order valence-corrected chi connectivity index (χ2v) is 8.69. The Balaban J connectivity index is 1.45. The molecule has 3 rings (SSSR count). The van der Waals surface area contributed by atoms with Crippen LogP contribution in [0.15, 0.2) is 53.7 Å². The van der Waals surface area contributed by atoms with Crippen LogP contribution in [-0.4, -0.2) is 73.1 Å². The lowest BCUT2D eigenvalue weighted by atomic mass is 10.3. The highest BCUT2D eigenvalue weighted by Crippen LogP contribution is 2.17. The van der Waals surface area contributed by atoms with Gasteiger partial charge in [-0.1, -0.05) is 11.6 Å². The van der Waals surface area contributed by atoms with Gasteiger partial charge in [0.25, 0.3) is 0 Å². The Morgan fingerprint density at radius 3 is 2.48 bits per heavy atom. The van der Waals surface area contributed by atoms with Crippen molar-refractivity contribution in [3.8, 4) is 5.75 Å². The van der Waals surface area contributed by atoms with Crippen LogP contribution < -0.4 is 4.74 Å². The van der Waals surface area contributed by atoms with Crippen LogP contribution in [0.3, 0.4) is 0 Å². The minimum absolute atomic E-state index is 0.163. The number of sulfonamides is 1. The van der Waals surface area contributed by atoms with Gasteiger partial charge in [0.05, 0.1) is 0 Å². The SMILES string of the molecule is O=S(=O)(c1cccnc1)N1CCN(CC(O)COc2ccc(Cl)cc2)CC1. The van der Waals surface area contributed by atoms with Gasteiger partial charge in [0.1, 0.15) is 23.4 Å². The highest BCUT2D eigenvalue weighted by Gasteiger charge is 2.29. The molecular weight excluding hydrogens is 390 g/mol. The van der Waals surface area contributed by atoms with Crippen LogP contribution in [0.1, 0.15) is 0 Å². The zero-order valence-electron chi connectivity index (χ0n) is 14.7. The molecule has 1 fully saturated rings. The van der Waals surface area contributed by atoms with E-state index < -0.39 is 16.1 Å². The van der Waals surface area contributed by atoms with Crippen molar-refractivity contribution in [2.24, 2.45) is 0 Å². The number of piperazine rings is 1. The number of halogens is 1. The Hall–Kier alpha value is -1.71. The summed E-state index contributed by atoms with van der Waals surface area (Å²) < 4.78 is 32.2. The number of rotatable bonds is 7. The van der Waals surface area contributed by atoms with Crippen molar-refractivity contribution >= 4 is 21.6 Å². The third-order valence-corrected chi connectivity index (χ3v) is 6.46. The summed E-state index contributed by atoms with van der Waals surface area (Å²) in [6, 6.07) is 10.1. The molecule has 1 aromatic heterocycles. The average molecular weight is 412 g/mol. The molecule has 1 atom stereocenters. The summed E-state index contributed by atoms with van der Waals surface area (Å²) in [5.41, 5.74) is 0. The number of ether oxygens (including phenoxy) is 1. The molecule has 9 heteroatoms. The number of aromatic nitrogens is 1. The lowest BCUT2D eigenvalue weighted by Gasteiger charge is -2.34. The van der Waals surface area contributed by atoms with Crippen molar-refractivity contribution in [1.29, 1.82) is 0 Å². The fourth-order valence-electron chi connectivity index (χ4n) is 2.88. The van der Waals surface area contributed by atoms with Gasteiger partial charge in [0.2, 0.25) is 10.0 Å². The van der Waals surface area contributed by atoms with E-state index in [1.807, 2.05) is 4.90 Å². The third kappa shape index (κ3) is 5.40. The molecule has 7 nitrogen and oxygen atoms in total. The van der Waals surface area contributed by atoms with Crippen molar-refractivity contribution in [2.75, 3.05) is 39.3 Å². The van der Waals surface area contributed by atoms with E-state index in [-0.39, 0.29) is 11.5 Å². The monoisotopic (exact) mass is 411 g/mol. The number of benzene rings is 1. The molecular formula is C18H22ClN3O4S. The van der Waals surface area contributed by atoms with E-state index >= 15 is 0 Å². The van der Waals surface area contributed by atoms with Crippen LogP contribution in [0.5, 0.6) is 5.75 Å². The molecule has 0 radical (unpaired) electrons. The molecule has 0 aliphatic carbocycles. The number of hydrogen-bond donors (Lipinski definition) is 1. The van der Waals surface area contributed by atoms with E-state index in [0.717, 1.165) is 0 Å². The molecule has 2 aromatic rings. The minimum Gasteiger partial charge on any atom is -0.491 e. The summed E-state index contributed by atoms with van der Waals surface area (Å²) in [6.07, 6.45) is 2.24. The van der Waals surface area contributed by atoms with Gasteiger partial charge in [-0.3, -0.25) is 9.88 Å². The lowest BCUT2D eigenvalue weighted by Crippen LogP contribution is -2.50. The number of pyridine rings is 1. The molecule has 1 N–H and O–H groups in total. The maximum Gasteiger partial charge on any atom is 0.244 e. The summed E-state index contributed by atoms with van der Waals surface area (Å²) in [7, 11) is -3.52. The molecule has 0 spiro atoms. The van der Waals surface area contributed by atoms with Crippen molar-refractivity contribution in [3.63, 3.8) is 0 Å². The zero-order chi connectivity index (χ0) is 19.3. The maximum absolute atomic E-state index is 12.6. The molecule has 146 valence electrons. The summed E-state index contributed by atoms with van der Waals surface area (Å²) >= 11 is 5.82. The summed E-state index contributed by atoms with van der Waals surface area (Å²) in [5, 5.41) is 10.8. The van der Waals surface area contributed by atoms with Gasteiger partial charge in [0.15, 0.2) is 0 Å². The summed E-state index contributed by atoms with van der Waals surface area (Å²) in [4.78, 5) is 6.12. The van der Waals surface area contributed by atoms with Gasteiger partial charge < -0.3 is 9.84 Å². The molecule has 2 heterocycles. The van der Waals surface area contributed by atoms with Crippen molar-refractivity contribution in [1.82, 2.24) is 14.2 Å². The van der Waals surface area contributed by atoms with Crippen LogP contribution in [0.2, 0.25) is 5.02 Å². The van der Waals surface area contributed by atoms with Crippen LogP contribution in [0.25, 0.3) is 0 Å². The first kappa shape index (κ1) is 20.0. The third-order valence-electron chi connectivity index (χ3n) is 4.33. The molecule has 1 aromatic carbocycles. The minimum atomic E-state index is -3.52. The van der Waals surface area contributed by atoms with E-state index in [1.54, 1.807) is 42.6 Å². The number of nitrogens with zero attached hydrogens (tertiary/aromatic N) is 3. The molecule has 0 amide bonds. The maximum atomic E-state index is 12.6. The topological polar surface area (TPSA) is 83.0 Å². The quantitative estimate of drug-likeness (QED) is 0.743. The molecule has 0 bridgehead atoms. The van der Waals surface area contributed by atoms with Gasteiger partial charge in [-0.05, 0) is 36.4 Å². The van der Waals surface area contributed by atoms with Crippen LogP contribution in [0.4, 0.5) is 0 Å². The van der Waals surface area contributed by atoms with Crippen molar-refractivity contribution in [3.05, 3.63) is 53.8 Å². The van der Waals surface area contributed by atoms with E-state index in [9.17, 15) is 13.5 Å². The predicted octanol–water partition coefficient (Wildman–Crippen LogP) is 1.48. The van der Waals surface area contributed by atoms with Gasteiger partial charge >= 0.3 is 0 Å². The molecule has 1 aliphatic heterocycles. The predicted molar refractivity (Wildman–Crippen MR) is 102 cm³/mol. The Morgan fingerprint density at radius 1 is 1.15 bits per heavy atom. The standard InChI is InChI=1S/C18H22ClN3O4S/c19-15-3-5-17(6-4-15)26-14-16(23)13-21-8-10-22(11-9-21)27(24,25)18-2-1-7-20-12-18/h1-7,12,16,23H,8-11,13-14H2. The van der Waals surface area contributed by atoms with E-state index in [4.69, 9.17) is 16.3 Å². The Morgan fingerprint density at radius 2 is 1.85 bits per heavy atom. The van der Waals surface area contributed by atoms with Crippen molar-refractivity contribution in [2.45, 2.75) is 11.0 Å². The van der Waals surface area contributed by atoms with Crippen LogP contribution in [-0.2, 0) is 10.0 Å². The zero-order valence-corrected chi connectivity index (χ0v) is 16.3. The average Bonchev–Trinajstić information content (AvgIpc) is 2.69. The van der Waals surface area contributed by atoms with E-state index in [1.165, 1.54) is 10.5 Å². The number of aliphatic hydroxyl groups excluding tert-OH is 1. The largest absolute Gasteiger partial charge is 0.491 e. The first-order valence-corrected chi connectivity index (χ1v) is 10.5. The van der Waals surface area contributed by atoms with Crippen LogP contribution in [0, 0.1) is 0 Å². The second kappa shape index (κ2) is 8.99. The second-order valence-electron chi connectivity index (χ2n) is 6.31. The molecule has 1 aliphatic rings. The Bertz CT molecular complexity index is 825. The molecule has 0 saturated carbocycles. The molecule has 1 unspecified atom stereocenters. The van der Waals surface area contributed by atoms with Gasteiger partial charge in [0, 0.05) is 50.1 Å². The lowest BCUT2D eigenvalue weighted by molar-refractivity contribution is 0.0569. The van der Waals surface area contributed by atoms with Crippen LogP contribution >= 0.6 is 11.6 Å². The first-order valence-electron chi connectivity index (χ1n) is 8.64. The Kier molecular flexibility index (Phi) is 6.67. The summed E-state index contributed by atoms with van der Waals surface area (Å²) in [6.45, 7) is 2.45. The number of β-amino-alcohol motifs (C(OH)–C–C–N with tert-alkyl or cyclic N) is 1. The smallest absolute Gasteiger partial charge is 0.244 e. The fraction of sp³-hybridized carbons (Fsp3) is 0.389.